The first kappa shape index (κ1) is 19.6. The van der Waals surface area contributed by atoms with Crippen LogP contribution in [0.25, 0.3) is 0 Å². The van der Waals surface area contributed by atoms with E-state index in [1.165, 1.54) is 5.56 Å². The van der Waals surface area contributed by atoms with Gasteiger partial charge < -0.3 is 20.1 Å². The van der Waals surface area contributed by atoms with Gasteiger partial charge >= 0.3 is 0 Å². The molecule has 0 amide bonds. The van der Waals surface area contributed by atoms with E-state index in [1.807, 2.05) is 12.1 Å². The van der Waals surface area contributed by atoms with Crippen molar-refractivity contribution in [2.45, 2.75) is 33.4 Å². The normalized spacial score (nSPS) is 11.2. The number of benzene rings is 1. The standard InChI is InChI=1S/C20H28N4O2/c1-5-10-26-18-11-15(2)6-8-17(18)14-24-20(21-3)23-13-16-7-9-19(25-4)22-12-16/h6-9,11-12H,5,10,13-14H2,1-4H3,(H2,21,23,24). The Morgan fingerprint density at radius 1 is 1.15 bits per heavy atom. The molecule has 0 fully saturated rings. The summed E-state index contributed by atoms with van der Waals surface area (Å²) in [6, 6.07) is 10.1. The van der Waals surface area contributed by atoms with E-state index in [0.717, 1.165) is 29.3 Å². The number of nitrogens with zero attached hydrogens (tertiary/aromatic N) is 2. The molecular weight excluding hydrogens is 328 g/mol. The van der Waals surface area contributed by atoms with Crippen LogP contribution in [0.4, 0.5) is 0 Å². The van der Waals surface area contributed by atoms with Gasteiger partial charge in [0.2, 0.25) is 5.88 Å². The Morgan fingerprint density at radius 3 is 2.62 bits per heavy atom. The molecule has 2 N–H and O–H groups in total. The van der Waals surface area contributed by atoms with Gasteiger partial charge in [-0.05, 0) is 30.5 Å². The van der Waals surface area contributed by atoms with Crippen LogP contribution in [0, 0.1) is 6.92 Å². The molecule has 0 bridgehead atoms. The lowest BCUT2D eigenvalue weighted by atomic mass is 10.1. The maximum atomic E-state index is 5.86. The van der Waals surface area contributed by atoms with Crippen LogP contribution < -0.4 is 20.1 Å². The van der Waals surface area contributed by atoms with Crippen molar-refractivity contribution in [2.75, 3.05) is 20.8 Å². The number of rotatable bonds is 8. The van der Waals surface area contributed by atoms with Crippen LogP contribution in [-0.4, -0.2) is 31.7 Å². The Bertz CT molecular complexity index is 714. The minimum absolute atomic E-state index is 0.607. The molecule has 26 heavy (non-hydrogen) atoms. The number of methoxy groups -OCH3 is 1. The number of aryl methyl sites for hydroxylation is 1. The van der Waals surface area contributed by atoms with E-state index in [9.17, 15) is 0 Å². The fourth-order valence-electron chi connectivity index (χ4n) is 2.38. The molecule has 1 aromatic carbocycles. The second kappa shape index (κ2) is 10.3. The fraction of sp³-hybridized carbons (Fsp3) is 0.400. The van der Waals surface area contributed by atoms with Gasteiger partial charge in [0.05, 0.1) is 13.7 Å². The Kier molecular flexibility index (Phi) is 7.74. The zero-order valence-electron chi connectivity index (χ0n) is 16.0. The zero-order valence-corrected chi connectivity index (χ0v) is 16.0. The van der Waals surface area contributed by atoms with Crippen molar-refractivity contribution in [1.82, 2.24) is 15.6 Å². The molecule has 140 valence electrons. The number of guanidine groups is 1. The summed E-state index contributed by atoms with van der Waals surface area (Å²) in [5.41, 5.74) is 3.35. The first-order valence-electron chi connectivity index (χ1n) is 8.82. The Balaban J connectivity index is 1.92. The number of pyridine rings is 1. The lowest BCUT2D eigenvalue weighted by Gasteiger charge is -2.15. The average Bonchev–Trinajstić information content (AvgIpc) is 2.68. The number of hydrogen-bond acceptors (Lipinski definition) is 4. The van der Waals surface area contributed by atoms with Crippen molar-refractivity contribution in [3.8, 4) is 11.6 Å². The number of nitrogens with one attached hydrogen (secondary N) is 2. The third kappa shape index (κ3) is 5.95. The van der Waals surface area contributed by atoms with Crippen LogP contribution in [0.15, 0.2) is 41.5 Å². The maximum absolute atomic E-state index is 5.86. The van der Waals surface area contributed by atoms with Gasteiger partial charge in [-0.3, -0.25) is 4.99 Å². The molecule has 1 aromatic heterocycles. The maximum Gasteiger partial charge on any atom is 0.212 e. The molecule has 0 saturated heterocycles. The van der Waals surface area contributed by atoms with E-state index in [2.05, 4.69) is 52.7 Å². The largest absolute Gasteiger partial charge is 0.493 e. The first-order chi connectivity index (χ1) is 12.7. The third-order valence-electron chi connectivity index (χ3n) is 3.82. The van der Waals surface area contributed by atoms with Crippen LogP contribution in [0.5, 0.6) is 11.6 Å². The Morgan fingerprint density at radius 2 is 1.96 bits per heavy atom. The highest BCUT2D eigenvalue weighted by Gasteiger charge is 2.06. The molecule has 1 heterocycles. The van der Waals surface area contributed by atoms with E-state index in [-0.39, 0.29) is 0 Å². The summed E-state index contributed by atoms with van der Waals surface area (Å²) in [6.07, 6.45) is 2.77. The van der Waals surface area contributed by atoms with Gasteiger partial charge in [0.25, 0.3) is 0 Å². The quantitative estimate of drug-likeness (QED) is 0.562. The highest BCUT2D eigenvalue weighted by Crippen LogP contribution is 2.20. The van der Waals surface area contributed by atoms with Crippen molar-refractivity contribution >= 4 is 5.96 Å². The van der Waals surface area contributed by atoms with E-state index in [4.69, 9.17) is 9.47 Å². The summed E-state index contributed by atoms with van der Waals surface area (Å²) >= 11 is 0. The van der Waals surface area contributed by atoms with Crippen LogP contribution in [0.1, 0.15) is 30.0 Å². The van der Waals surface area contributed by atoms with Crippen molar-refractivity contribution < 1.29 is 9.47 Å². The Labute approximate surface area is 155 Å². The topological polar surface area (TPSA) is 67.8 Å². The number of hydrogen-bond donors (Lipinski definition) is 2. The summed E-state index contributed by atoms with van der Waals surface area (Å²) in [7, 11) is 3.36. The molecule has 0 aliphatic heterocycles. The van der Waals surface area contributed by atoms with Crippen LogP contribution in [-0.2, 0) is 13.1 Å². The van der Waals surface area contributed by atoms with E-state index in [0.29, 0.717) is 25.6 Å². The second-order valence-electron chi connectivity index (χ2n) is 5.95. The van der Waals surface area contributed by atoms with Crippen molar-refractivity contribution in [3.63, 3.8) is 0 Å². The summed E-state index contributed by atoms with van der Waals surface area (Å²) in [5.74, 6) is 2.26. The molecule has 6 heteroatoms. The average molecular weight is 356 g/mol. The molecule has 6 nitrogen and oxygen atoms in total. The lowest BCUT2D eigenvalue weighted by molar-refractivity contribution is 0.313. The predicted octanol–water partition coefficient (Wildman–Crippen LogP) is 3.05. The molecule has 0 unspecified atom stereocenters. The summed E-state index contributed by atoms with van der Waals surface area (Å²) in [5, 5.41) is 6.61. The van der Waals surface area contributed by atoms with Crippen LogP contribution >= 0.6 is 0 Å². The Hall–Kier alpha value is -2.76. The monoisotopic (exact) mass is 356 g/mol. The van der Waals surface area contributed by atoms with Gasteiger partial charge in [-0.2, -0.15) is 0 Å². The number of aliphatic imine (C=N–C) groups is 1. The number of ether oxygens (including phenoxy) is 2. The molecule has 0 aliphatic rings. The predicted molar refractivity (Wildman–Crippen MR) is 105 cm³/mol. The van der Waals surface area contributed by atoms with Gasteiger partial charge in [-0.25, -0.2) is 4.98 Å². The van der Waals surface area contributed by atoms with Crippen LogP contribution in [0.2, 0.25) is 0 Å². The molecule has 0 aliphatic carbocycles. The van der Waals surface area contributed by atoms with Crippen molar-refractivity contribution in [3.05, 3.63) is 53.2 Å². The fourth-order valence-corrected chi connectivity index (χ4v) is 2.38. The summed E-state index contributed by atoms with van der Waals surface area (Å²) in [4.78, 5) is 8.47. The summed E-state index contributed by atoms with van der Waals surface area (Å²) in [6.45, 7) is 6.16. The minimum Gasteiger partial charge on any atom is -0.493 e. The molecule has 2 aromatic rings. The summed E-state index contributed by atoms with van der Waals surface area (Å²) < 4.78 is 10.9. The van der Waals surface area contributed by atoms with Gasteiger partial charge in [0.1, 0.15) is 5.75 Å². The van der Waals surface area contributed by atoms with Crippen LogP contribution in [0.3, 0.4) is 0 Å². The van der Waals surface area contributed by atoms with E-state index < -0.39 is 0 Å². The smallest absolute Gasteiger partial charge is 0.212 e. The van der Waals surface area contributed by atoms with E-state index >= 15 is 0 Å². The van der Waals surface area contributed by atoms with Crippen molar-refractivity contribution in [1.29, 1.82) is 0 Å². The SMILES string of the molecule is CCCOc1cc(C)ccc1CNC(=NC)NCc1ccc(OC)nc1. The first-order valence-corrected chi connectivity index (χ1v) is 8.82. The molecule has 2 rings (SSSR count). The third-order valence-corrected chi connectivity index (χ3v) is 3.82. The van der Waals surface area contributed by atoms with E-state index in [1.54, 1.807) is 20.4 Å². The van der Waals surface area contributed by atoms with Crippen molar-refractivity contribution in [2.24, 2.45) is 4.99 Å². The highest BCUT2D eigenvalue weighted by molar-refractivity contribution is 5.79. The molecular formula is C20H28N4O2. The molecule has 0 radical (unpaired) electrons. The lowest BCUT2D eigenvalue weighted by Crippen LogP contribution is -2.36. The minimum atomic E-state index is 0.607. The highest BCUT2D eigenvalue weighted by atomic mass is 16.5. The molecule has 0 atom stereocenters. The second-order valence-corrected chi connectivity index (χ2v) is 5.95. The molecule has 0 spiro atoms. The van der Waals surface area contributed by atoms with Gasteiger partial charge in [-0.1, -0.05) is 25.1 Å². The van der Waals surface area contributed by atoms with Gasteiger partial charge in [0.15, 0.2) is 5.96 Å². The molecule has 0 saturated carbocycles. The van der Waals surface area contributed by atoms with Gasteiger partial charge in [-0.15, -0.1) is 0 Å². The van der Waals surface area contributed by atoms with Gasteiger partial charge in [0, 0.05) is 38.0 Å². The number of aromatic nitrogens is 1. The zero-order chi connectivity index (χ0) is 18.8.